The Bertz CT molecular complexity index is 360. The van der Waals surface area contributed by atoms with Crippen LogP contribution in [-0.4, -0.2) is 5.78 Å². The van der Waals surface area contributed by atoms with Gasteiger partial charge >= 0.3 is 0 Å². The van der Waals surface area contributed by atoms with Gasteiger partial charge in [-0.05, 0) is 12.5 Å². The second-order valence-electron chi connectivity index (χ2n) is 3.00. The van der Waals surface area contributed by atoms with Crippen LogP contribution < -0.4 is 0 Å². The molecule has 0 atom stereocenters. The molecule has 0 aliphatic heterocycles. The Morgan fingerprint density at radius 3 is 1.94 bits per heavy atom. The highest BCUT2D eigenvalue weighted by Crippen LogP contribution is 1.97. The summed E-state index contributed by atoms with van der Waals surface area (Å²) in [7, 11) is 0. The molecular formula is C15H19NO. The van der Waals surface area contributed by atoms with E-state index in [4.69, 9.17) is 5.26 Å². The van der Waals surface area contributed by atoms with Crippen molar-refractivity contribution in [2.75, 3.05) is 0 Å². The maximum Gasteiger partial charge on any atom is 0.129 e. The third-order valence-corrected chi connectivity index (χ3v) is 1.62. The molecule has 0 aliphatic carbocycles. The van der Waals surface area contributed by atoms with Crippen molar-refractivity contribution < 1.29 is 4.79 Å². The lowest BCUT2D eigenvalue weighted by Gasteiger charge is -1.85. The number of nitriles is 1. The van der Waals surface area contributed by atoms with Crippen LogP contribution in [0.3, 0.4) is 0 Å². The number of benzene rings is 1. The van der Waals surface area contributed by atoms with Crippen LogP contribution >= 0.6 is 0 Å². The van der Waals surface area contributed by atoms with E-state index in [2.05, 4.69) is 13.2 Å². The SMILES string of the molecule is C=CC#N.C=Cc1ccccc1.CCC(C)=O. The Balaban J connectivity index is 0. The van der Waals surface area contributed by atoms with Gasteiger partial charge in [-0.2, -0.15) is 5.26 Å². The summed E-state index contributed by atoms with van der Waals surface area (Å²) in [6.45, 7) is 10.2. The lowest BCUT2D eigenvalue weighted by atomic mass is 10.2. The van der Waals surface area contributed by atoms with Gasteiger partial charge in [0.1, 0.15) is 5.78 Å². The van der Waals surface area contributed by atoms with Crippen LogP contribution in [0.5, 0.6) is 0 Å². The van der Waals surface area contributed by atoms with E-state index in [1.807, 2.05) is 43.3 Å². The predicted octanol–water partition coefficient (Wildman–Crippen LogP) is 4.01. The topological polar surface area (TPSA) is 40.9 Å². The van der Waals surface area contributed by atoms with Crippen molar-refractivity contribution in [3.05, 3.63) is 55.1 Å². The van der Waals surface area contributed by atoms with Gasteiger partial charge in [0.25, 0.3) is 0 Å². The summed E-state index contributed by atoms with van der Waals surface area (Å²) in [6.07, 6.45) is 3.68. The average Bonchev–Trinajstić information content (AvgIpc) is 2.40. The molecular weight excluding hydrogens is 210 g/mol. The minimum absolute atomic E-state index is 0.255. The number of allylic oxidation sites excluding steroid dienone is 1. The molecule has 0 unspecified atom stereocenters. The van der Waals surface area contributed by atoms with Gasteiger partial charge in [-0.25, -0.2) is 0 Å². The van der Waals surface area contributed by atoms with E-state index in [1.54, 1.807) is 13.0 Å². The van der Waals surface area contributed by atoms with Crippen molar-refractivity contribution in [2.45, 2.75) is 20.3 Å². The molecule has 0 amide bonds. The van der Waals surface area contributed by atoms with E-state index in [0.29, 0.717) is 6.42 Å². The Morgan fingerprint density at radius 2 is 1.76 bits per heavy atom. The quantitative estimate of drug-likeness (QED) is 0.719. The van der Waals surface area contributed by atoms with Gasteiger partial charge in [-0.3, -0.25) is 0 Å². The molecule has 0 aliphatic rings. The first-order valence-corrected chi connectivity index (χ1v) is 5.29. The third-order valence-electron chi connectivity index (χ3n) is 1.62. The van der Waals surface area contributed by atoms with E-state index < -0.39 is 0 Å². The fourth-order valence-corrected chi connectivity index (χ4v) is 0.589. The van der Waals surface area contributed by atoms with Crippen LogP contribution in [0.15, 0.2) is 49.6 Å². The van der Waals surface area contributed by atoms with Gasteiger partial charge in [-0.15, -0.1) is 0 Å². The molecule has 0 spiro atoms. The largest absolute Gasteiger partial charge is 0.300 e. The molecule has 2 nitrogen and oxygen atoms in total. The fourth-order valence-electron chi connectivity index (χ4n) is 0.589. The Morgan fingerprint density at radius 1 is 1.35 bits per heavy atom. The molecule has 1 rings (SSSR count). The lowest BCUT2D eigenvalue weighted by Crippen LogP contribution is -1.80. The highest BCUT2D eigenvalue weighted by Gasteiger charge is 1.77. The molecule has 0 aromatic heterocycles. The minimum atomic E-state index is 0.255. The van der Waals surface area contributed by atoms with Crippen LogP contribution in [0.4, 0.5) is 0 Å². The Labute approximate surface area is 104 Å². The summed E-state index contributed by atoms with van der Waals surface area (Å²) in [5.74, 6) is 0.255. The summed E-state index contributed by atoms with van der Waals surface area (Å²) < 4.78 is 0. The predicted molar refractivity (Wildman–Crippen MR) is 73.3 cm³/mol. The molecule has 0 radical (unpaired) electrons. The normalized spacial score (nSPS) is 7.12. The third kappa shape index (κ3) is 16.5. The van der Waals surface area contributed by atoms with E-state index in [-0.39, 0.29) is 5.78 Å². The maximum absolute atomic E-state index is 9.81. The number of carbonyl (C=O) groups is 1. The summed E-state index contributed by atoms with van der Waals surface area (Å²) >= 11 is 0. The van der Waals surface area contributed by atoms with Crippen molar-refractivity contribution in [1.29, 1.82) is 5.26 Å². The van der Waals surface area contributed by atoms with Crippen molar-refractivity contribution in [1.82, 2.24) is 0 Å². The number of Topliss-reactive ketones (excluding diaryl/α,β-unsaturated/α-hetero) is 1. The van der Waals surface area contributed by atoms with Gasteiger partial charge in [0, 0.05) is 12.5 Å². The molecule has 1 aromatic rings. The standard InChI is InChI=1S/C8H8.C4H8O.C3H3N/c1-2-8-6-4-3-5-7-8;1-3-4(2)5;1-2-3-4/h2-7H,1H2;3H2,1-2H3;2H,1H2. The summed E-state index contributed by atoms with van der Waals surface area (Å²) in [5.41, 5.74) is 1.17. The molecule has 0 bridgehead atoms. The lowest BCUT2D eigenvalue weighted by molar-refractivity contribution is -0.116. The first-order valence-electron chi connectivity index (χ1n) is 5.29. The number of carbonyl (C=O) groups excluding carboxylic acids is 1. The van der Waals surface area contributed by atoms with Crippen molar-refractivity contribution >= 4 is 11.9 Å². The van der Waals surface area contributed by atoms with E-state index in [9.17, 15) is 4.79 Å². The van der Waals surface area contributed by atoms with Gasteiger partial charge in [0.2, 0.25) is 0 Å². The van der Waals surface area contributed by atoms with E-state index in [0.717, 1.165) is 0 Å². The van der Waals surface area contributed by atoms with E-state index in [1.165, 1.54) is 11.6 Å². The zero-order chi connectivity index (χ0) is 13.5. The Kier molecular flexibility index (Phi) is 14.1. The first kappa shape index (κ1) is 17.3. The van der Waals surface area contributed by atoms with Crippen molar-refractivity contribution in [3.8, 4) is 6.07 Å². The summed E-state index contributed by atoms with van der Waals surface area (Å²) in [5, 5.41) is 7.51. The summed E-state index contributed by atoms with van der Waals surface area (Å²) in [4.78, 5) is 9.81. The first-order chi connectivity index (χ1) is 8.12. The zero-order valence-corrected chi connectivity index (χ0v) is 10.5. The number of hydrogen-bond donors (Lipinski definition) is 0. The molecule has 0 saturated heterocycles. The fraction of sp³-hybridized carbons (Fsp3) is 0.200. The second-order valence-corrected chi connectivity index (χ2v) is 3.00. The molecule has 0 saturated carbocycles. The van der Waals surface area contributed by atoms with Gasteiger partial charge in [-0.1, -0.05) is 56.5 Å². The maximum atomic E-state index is 9.81. The molecule has 0 fully saturated rings. The molecule has 2 heteroatoms. The molecule has 0 heterocycles. The minimum Gasteiger partial charge on any atom is -0.300 e. The van der Waals surface area contributed by atoms with Crippen LogP contribution in [0, 0.1) is 11.3 Å². The van der Waals surface area contributed by atoms with Crippen molar-refractivity contribution in [2.24, 2.45) is 0 Å². The number of ketones is 1. The molecule has 0 N–H and O–H groups in total. The second kappa shape index (κ2) is 13.9. The van der Waals surface area contributed by atoms with Crippen LogP contribution in [0.1, 0.15) is 25.8 Å². The number of nitrogens with zero attached hydrogens (tertiary/aromatic N) is 1. The monoisotopic (exact) mass is 229 g/mol. The van der Waals surface area contributed by atoms with Crippen LogP contribution in [0.25, 0.3) is 6.08 Å². The van der Waals surface area contributed by atoms with Crippen LogP contribution in [0.2, 0.25) is 0 Å². The van der Waals surface area contributed by atoms with E-state index >= 15 is 0 Å². The molecule has 1 aromatic carbocycles. The van der Waals surface area contributed by atoms with Crippen molar-refractivity contribution in [3.63, 3.8) is 0 Å². The van der Waals surface area contributed by atoms with Gasteiger partial charge < -0.3 is 4.79 Å². The molecule has 17 heavy (non-hydrogen) atoms. The highest BCUT2D eigenvalue weighted by atomic mass is 16.1. The van der Waals surface area contributed by atoms with Crippen LogP contribution in [-0.2, 0) is 4.79 Å². The van der Waals surface area contributed by atoms with Gasteiger partial charge in [0.05, 0.1) is 6.07 Å². The smallest absolute Gasteiger partial charge is 0.129 e. The summed E-state index contributed by atoms with van der Waals surface area (Å²) in [6, 6.07) is 11.7. The highest BCUT2D eigenvalue weighted by molar-refractivity contribution is 5.74. The number of rotatable bonds is 2. The molecule has 90 valence electrons. The zero-order valence-electron chi connectivity index (χ0n) is 10.5. The number of hydrogen-bond acceptors (Lipinski definition) is 2. The average molecular weight is 229 g/mol. The van der Waals surface area contributed by atoms with Gasteiger partial charge in [0.15, 0.2) is 0 Å². The Hall–Kier alpha value is -2.14.